The molecule has 0 aliphatic carbocycles. The summed E-state index contributed by atoms with van der Waals surface area (Å²) < 4.78 is 0. The lowest BCUT2D eigenvalue weighted by Crippen LogP contribution is -1.93. The molecule has 0 N–H and O–H groups in total. The van der Waals surface area contributed by atoms with Crippen molar-refractivity contribution >= 4 is 0 Å². The second-order valence-electron chi connectivity index (χ2n) is 5.59. The second-order valence-corrected chi connectivity index (χ2v) is 5.59. The highest BCUT2D eigenvalue weighted by atomic mass is 14.1. The second kappa shape index (κ2) is 13.8. The quantitative estimate of drug-likeness (QED) is 0.253. The van der Waals surface area contributed by atoms with E-state index in [0.717, 1.165) is 5.92 Å². The Hall–Kier alpha value is -0.260. The van der Waals surface area contributed by atoms with Crippen molar-refractivity contribution in [3.05, 3.63) is 12.7 Å². The van der Waals surface area contributed by atoms with E-state index in [9.17, 15) is 0 Å². The van der Waals surface area contributed by atoms with Gasteiger partial charge in [-0.05, 0) is 18.8 Å². The topological polar surface area (TPSA) is 0 Å². The molecule has 0 aromatic rings. The maximum atomic E-state index is 3.76. The minimum atomic E-state index is 0.957. The molecule has 0 aliphatic heterocycles. The molecule has 0 aliphatic rings. The van der Waals surface area contributed by atoms with Gasteiger partial charge >= 0.3 is 0 Å². The van der Waals surface area contributed by atoms with Crippen LogP contribution in [0.4, 0.5) is 0 Å². The van der Waals surface area contributed by atoms with Gasteiger partial charge in [-0.1, -0.05) is 84.1 Å². The fraction of sp³-hybridized carbons (Fsp3) is 0.882. The van der Waals surface area contributed by atoms with Gasteiger partial charge < -0.3 is 0 Å². The van der Waals surface area contributed by atoms with Crippen LogP contribution < -0.4 is 0 Å². The van der Waals surface area contributed by atoms with Crippen LogP contribution in [-0.4, -0.2) is 0 Å². The van der Waals surface area contributed by atoms with Gasteiger partial charge in [0, 0.05) is 0 Å². The van der Waals surface area contributed by atoms with E-state index >= 15 is 0 Å². The smallest absolute Gasteiger partial charge is 0.0353 e. The highest BCUT2D eigenvalue weighted by Crippen LogP contribution is 2.16. The van der Waals surface area contributed by atoms with E-state index in [4.69, 9.17) is 0 Å². The van der Waals surface area contributed by atoms with Gasteiger partial charge in [0.05, 0.1) is 0 Å². The highest BCUT2D eigenvalue weighted by Gasteiger charge is 1.99. The Balaban J connectivity index is 3.00. The van der Waals surface area contributed by atoms with Gasteiger partial charge in [-0.15, -0.1) is 6.58 Å². The maximum absolute atomic E-state index is 3.76. The van der Waals surface area contributed by atoms with Gasteiger partial charge in [0.15, 0.2) is 0 Å². The van der Waals surface area contributed by atoms with E-state index in [1.807, 2.05) is 6.08 Å². The zero-order valence-corrected chi connectivity index (χ0v) is 12.3. The lowest BCUT2D eigenvalue weighted by molar-refractivity contribution is 0.450. The highest BCUT2D eigenvalue weighted by molar-refractivity contribution is 4.65. The van der Waals surface area contributed by atoms with Crippen molar-refractivity contribution in [1.29, 1.82) is 0 Å². The summed E-state index contributed by atoms with van der Waals surface area (Å²) >= 11 is 0. The predicted octanol–water partition coefficient (Wildman–Crippen LogP) is 6.51. The molecule has 0 radical (unpaired) electrons. The third-order valence-electron chi connectivity index (χ3n) is 3.64. The van der Waals surface area contributed by atoms with Crippen molar-refractivity contribution in [2.45, 2.75) is 90.9 Å². The van der Waals surface area contributed by atoms with Gasteiger partial charge in [-0.3, -0.25) is 0 Å². The summed E-state index contributed by atoms with van der Waals surface area (Å²) in [4.78, 5) is 0. The van der Waals surface area contributed by atoms with E-state index in [1.54, 1.807) is 0 Å². The van der Waals surface area contributed by atoms with Crippen LogP contribution in [0.2, 0.25) is 0 Å². The molecular formula is C17H34. The fourth-order valence-electron chi connectivity index (χ4n) is 2.48. The molecule has 102 valence electrons. The summed E-state index contributed by atoms with van der Waals surface area (Å²) in [5.41, 5.74) is 0. The maximum Gasteiger partial charge on any atom is -0.0353 e. The van der Waals surface area contributed by atoms with Crippen molar-refractivity contribution in [3.63, 3.8) is 0 Å². The molecule has 0 bridgehead atoms. The minimum Gasteiger partial charge on any atom is -0.103 e. The van der Waals surface area contributed by atoms with Crippen LogP contribution in [0.1, 0.15) is 90.9 Å². The van der Waals surface area contributed by atoms with Gasteiger partial charge in [-0.2, -0.15) is 0 Å². The van der Waals surface area contributed by atoms with Crippen molar-refractivity contribution in [2.75, 3.05) is 0 Å². The van der Waals surface area contributed by atoms with Crippen LogP contribution in [0.15, 0.2) is 12.7 Å². The SMILES string of the molecule is C=CCCCCCCCCCC[C@H](C)CCC. The first kappa shape index (κ1) is 16.7. The first-order valence-electron chi connectivity index (χ1n) is 7.92. The van der Waals surface area contributed by atoms with Crippen LogP contribution in [-0.2, 0) is 0 Å². The zero-order valence-electron chi connectivity index (χ0n) is 12.3. The summed E-state index contributed by atoms with van der Waals surface area (Å²) in [6, 6.07) is 0. The van der Waals surface area contributed by atoms with Crippen molar-refractivity contribution in [1.82, 2.24) is 0 Å². The van der Waals surface area contributed by atoms with E-state index in [-0.39, 0.29) is 0 Å². The van der Waals surface area contributed by atoms with Crippen LogP contribution in [0, 0.1) is 5.92 Å². The Bertz CT molecular complexity index is 148. The largest absolute Gasteiger partial charge is 0.103 e. The summed E-state index contributed by atoms with van der Waals surface area (Å²) in [6.45, 7) is 8.46. The van der Waals surface area contributed by atoms with Gasteiger partial charge in [-0.25, -0.2) is 0 Å². The number of unbranched alkanes of at least 4 members (excludes halogenated alkanes) is 8. The molecule has 0 nitrogen and oxygen atoms in total. The Kier molecular flexibility index (Phi) is 13.6. The number of hydrogen-bond acceptors (Lipinski definition) is 0. The fourth-order valence-corrected chi connectivity index (χ4v) is 2.48. The third kappa shape index (κ3) is 13.7. The van der Waals surface area contributed by atoms with E-state index in [0.29, 0.717) is 0 Å². The summed E-state index contributed by atoms with van der Waals surface area (Å²) in [7, 11) is 0. The molecule has 0 aromatic carbocycles. The molecule has 0 saturated carbocycles. The Morgan fingerprint density at radius 3 is 1.88 bits per heavy atom. The van der Waals surface area contributed by atoms with Crippen LogP contribution in [0.5, 0.6) is 0 Å². The molecule has 0 amide bonds. The van der Waals surface area contributed by atoms with E-state index < -0.39 is 0 Å². The number of allylic oxidation sites excluding steroid dienone is 1. The molecule has 0 aromatic heterocycles. The van der Waals surface area contributed by atoms with Crippen LogP contribution in [0.25, 0.3) is 0 Å². The van der Waals surface area contributed by atoms with Crippen molar-refractivity contribution < 1.29 is 0 Å². The average Bonchev–Trinajstić information content (AvgIpc) is 2.32. The molecule has 17 heavy (non-hydrogen) atoms. The zero-order chi connectivity index (χ0) is 12.8. The summed E-state index contributed by atoms with van der Waals surface area (Å²) in [5.74, 6) is 0.957. The van der Waals surface area contributed by atoms with Crippen molar-refractivity contribution in [2.24, 2.45) is 5.92 Å². The normalized spacial score (nSPS) is 12.6. The summed E-state index contributed by atoms with van der Waals surface area (Å²) in [5, 5.41) is 0. The molecule has 0 unspecified atom stereocenters. The summed E-state index contributed by atoms with van der Waals surface area (Å²) in [6.07, 6.45) is 18.9. The Morgan fingerprint density at radius 1 is 0.824 bits per heavy atom. The van der Waals surface area contributed by atoms with Crippen LogP contribution in [0.3, 0.4) is 0 Å². The molecule has 0 spiro atoms. The van der Waals surface area contributed by atoms with E-state index in [2.05, 4.69) is 20.4 Å². The van der Waals surface area contributed by atoms with E-state index in [1.165, 1.54) is 77.0 Å². The average molecular weight is 238 g/mol. The van der Waals surface area contributed by atoms with Gasteiger partial charge in [0.2, 0.25) is 0 Å². The molecule has 0 rings (SSSR count). The molecule has 0 heteroatoms. The lowest BCUT2D eigenvalue weighted by Gasteiger charge is -2.09. The third-order valence-corrected chi connectivity index (χ3v) is 3.64. The number of rotatable bonds is 13. The molecular weight excluding hydrogens is 204 g/mol. The first-order valence-corrected chi connectivity index (χ1v) is 7.92. The van der Waals surface area contributed by atoms with Gasteiger partial charge in [0.1, 0.15) is 0 Å². The lowest BCUT2D eigenvalue weighted by atomic mass is 9.98. The molecule has 1 atom stereocenters. The molecule has 0 fully saturated rings. The van der Waals surface area contributed by atoms with Crippen molar-refractivity contribution in [3.8, 4) is 0 Å². The minimum absolute atomic E-state index is 0.957. The van der Waals surface area contributed by atoms with Crippen LogP contribution >= 0.6 is 0 Å². The predicted molar refractivity (Wildman–Crippen MR) is 80.4 cm³/mol. The number of hydrogen-bond donors (Lipinski definition) is 0. The monoisotopic (exact) mass is 238 g/mol. The standard InChI is InChI=1S/C17H34/c1-4-6-7-8-9-10-11-12-13-14-16-17(3)15-5-2/h4,17H,1,5-16H2,2-3H3/t17-/m1/s1. The first-order chi connectivity index (χ1) is 8.31. The molecule has 0 saturated heterocycles. The van der Waals surface area contributed by atoms with Gasteiger partial charge in [0.25, 0.3) is 0 Å². The Morgan fingerprint density at radius 2 is 1.35 bits per heavy atom. The molecule has 0 heterocycles. The Labute approximate surface area is 110 Å².